The molecule has 1 aliphatic rings. The first-order valence-electron chi connectivity index (χ1n) is 7.02. The van der Waals surface area contributed by atoms with Gasteiger partial charge in [0.25, 0.3) is 0 Å². The van der Waals surface area contributed by atoms with Crippen molar-refractivity contribution in [2.75, 3.05) is 19.6 Å². The van der Waals surface area contributed by atoms with Crippen LogP contribution in [0.1, 0.15) is 32.3 Å². The molecular formula is C16H25N. The van der Waals surface area contributed by atoms with Gasteiger partial charge in [0, 0.05) is 13.1 Å². The molecule has 1 heteroatoms. The minimum Gasteiger partial charge on any atom is -0.303 e. The maximum Gasteiger partial charge on any atom is 0.00219 e. The predicted molar refractivity (Wildman–Crippen MR) is 74.1 cm³/mol. The molecule has 1 aromatic rings. The number of rotatable bonds is 4. The molecule has 1 aliphatic heterocycles. The van der Waals surface area contributed by atoms with Crippen LogP contribution in [0.15, 0.2) is 30.3 Å². The Morgan fingerprint density at radius 3 is 2.71 bits per heavy atom. The summed E-state index contributed by atoms with van der Waals surface area (Å²) in [4.78, 5) is 2.65. The molecule has 1 aromatic carbocycles. The van der Waals surface area contributed by atoms with Crippen molar-refractivity contribution >= 4 is 0 Å². The Bertz CT molecular complexity index is 318. The first kappa shape index (κ1) is 12.6. The van der Waals surface area contributed by atoms with Gasteiger partial charge in [-0.05, 0) is 43.2 Å². The van der Waals surface area contributed by atoms with Crippen molar-refractivity contribution in [2.24, 2.45) is 11.8 Å². The maximum atomic E-state index is 2.65. The van der Waals surface area contributed by atoms with Gasteiger partial charge in [0.1, 0.15) is 0 Å². The molecule has 1 heterocycles. The molecule has 17 heavy (non-hydrogen) atoms. The van der Waals surface area contributed by atoms with Crippen LogP contribution in [0.2, 0.25) is 0 Å². The topological polar surface area (TPSA) is 3.24 Å². The van der Waals surface area contributed by atoms with Crippen molar-refractivity contribution in [3.63, 3.8) is 0 Å². The fourth-order valence-corrected chi connectivity index (χ4v) is 2.77. The lowest BCUT2D eigenvalue weighted by Crippen LogP contribution is -2.38. The molecule has 0 N–H and O–H groups in total. The summed E-state index contributed by atoms with van der Waals surface area (Å²) >= 11 is 0. The quantitative estimate of drug-likeness (QED) is 0.765. The minimum atomic E-state index is 0.842. The lowest BCUT2D eigenvalue weighted by Gasteiger charge is -2.34. The zero-order chi connectivity index (χ0) is 12.1. The molecule has 0 amide bonds. The predicted octanol–water partition coefficient (Wildman–Crippen LogP) is 3.60. The number of nitrogens with zero attached hydrogens (tertiary/aromatic N) is 1. The van der Waals surface area contributed by atoms with E-state index in [1.54, 1.807) is 0 Å². The molecule has 0 unspecified atom stereocenters. The van der Waals surface area contributed by atoms with Gasteiger partial charge in [-0.3, -0.25) is 0 Å². The summed E-state index contributed by atoms with van der Waals surface area (Å²) in [7, 11) is 0. The third-order valence-electron chi connectivity index (χ3n) is 4.04. The van der Waals surface area contributed by atoms with Gasteiger partial charge in [0.15, 0.2) is 0 Å². The first-order valence-corrected chi connectivity index (χ1v) is 7.02. The van der Waals surface area contributed by atoms with Crippen LogP contribution in [0.3, 0.4) is 0 Å². The van der Waals surface area contributed by atoms with Crippen LogP contribution in [0, 0.1) is 11.8 Å². The van der Waals surface area contributed by atoms with Crippen molar-refractivity contribution in [3.8, 4) is 0 Å². The summed E-state index contributed by atoms with van der Waals surface area (Å²) in [5.41, 5.74) is 1.47. The van der Waals surface area contributed by atoms with Crippen LogP contribution >= 0.6 is 0 Å². The van der Waals surface area contributed by atoms with E-state index in [1.165, 1.54) is 44.5 Å². The van der Waals surface area contributed by atoms with Crippen molar-refractivity contribution in [2.45, 2.75) is 33.1 Å². The molecule has 0 bridgehead atoms. The first-order chi connectivity index (χ1) is 8.25. The normalized spacial score (nSPS) is 21.9. The fourth-order valence-electron chi connectivity index (χ4n) is 2.77. The highest BCUT2D eigenvalue weighted by atomic mass is 15.1. The Hall–Kier alpha value is -0.820. The number of hydrogen-bond donors (Lipinski definition) is 0. The van der Waals surface area contributed by atoms with Crippen molar-refractivity contribution < 1.29 is 0 Å². The van der Waals surface area contributed by atoms with E-state index in [4.69, 9.17) is 0 Å². The van der Waals surface area contributed by atoms with Gasteiger partial charge in [-0.1, -0.05) is 44.2 Å². The average Bonchev–Trinajstić information content (AvgIpc) is 2.38. The van der Waals surface area contributed by atoms with Crippen LogP contribution < -0.4 is 0 Å². The smallest absolute Gasteiger partial charge is 0.00219 e. The van der Waals surface area contributed by atoms with Crippen LogP contribution in [0.5, 0.6) is 0 Å². The van der Waals surface area contributed by atoms with Crippen LogP contribution in [0.25, 0.3) is 0 Å². The average molecular weight is 231 g/mol. The molecule has 1 atom stereocenters. The summed E-state index contributed by atoms with van der Waals surface area (Å²) in [6, 6.07) is 10.9. The van der Waals surface area contributed by atoms with Crippen LogP contribution in [0.4, 0.5) is 0 Å². The summed E-state index contributed by atoms with van der Waals surface area (Å²) < 4.78 is 0. The molecule has 0 aromatic heterocycles. The Labute approximate surface area is 106 Å². The van der Waals surface area contributed by atoms with Gasteiger partial charge in [-0.15, -0.1) is 0 Å². The maximum absolute atomic E-state index is 2.65. The van der Waals surface area contributed by atoms with Gasteiger partial charge in [0.05, 0.1) is 0 Å². The molecule has 0 aliphatic carbocycles. The zero-order valence-electron chi connectivity index (χ0n) is 11.2. The second-order valence-electron chi connectivity index (χ2n) is 5.68. The Balaban J connectivity index is 1.79. The van der Waals surface area contributed by atoms with E-state index in [0.29, 0.717) is 0 Å². The van der Waals surface area contributed by atoms with Crippen LogP contribution in [-0.2, 0) is 6.42 Å². The molecule has 2 rings (SSSR count). The Kier molecular flexibility index (Phi) is 4.61. The van der Waals surface area contributed by atoms with Gasteiger partial charge in [0.2, 0.25) is 0 Å². The van der Waals surface area contributed by atoms with Crippen molar-refractivity contribution in [1.29, 1.82) is 0 Å². The van der Waals surface area contributed by atoms with Gasteiger partial charge < -0.3 is 4.90 Å². The van der Waals surface area contributed by atoms with E-state index in [2.05, 4.69) is 49.1 Å². The number of hydrogen-bond acceptors (Lipinski definition) is 1. The highest BCUT2D eigenvalue weighted by molar-refractivity contribution is 5.14. The molecule has 1 nitrogen and oxygen atoms in total. The van der Waals surface area contributed by atoms with E-state index >= 15 is 0 Å². The summed E-state index contributed by atoms with van der Waals surface area (Å²) in [5, 5.41) is 0. The van der Waals surface area contributed by atoms with Crippen molar-refractivity contribution in [3.05, 3.63) is 35.9 Å². The van der Waals surface area contributed by atoms with E-state index in [-0.39, 0.29) is 0 Å². The van der Waals surface area contributed by atoms with Gasteiger partial charge in [-0.25, -0.2) is 0 Å². The van der Waals surface area contributed by atoms with Crippen molar-refractivity contribution in [1.82, 2.24) is 4.90 Å². The second kappa shape index (κ2) is 6.20. The standard InChI is InChI=1S/C16H25N/c1-14(2)16-9-6-11-17(13-16)12-10-15-7-4-3-5-8-15/h3-5,7-8,14,16H,6,9-13H2,1-2H3/t16-/m1/s1. The monoisotopic (exact) mass is 231 g/mol. The summed E-state index contributed by atoms with van der Waals surface area (Å²) in [6.45, 7) is 8.57. The number of benzene rings is 1. The van der Waals surface area contributed by atoms with Gasteiger partial charge >= 0.3 is 0 Å². The summed E-state index contributed by atoms with van der Waals surface area (Å²) in [6.07, 6.45) is 4.02. The molecule has 0 radical (unpaired) electrons. The molecule has 0 spiro atoms. The van der Waals surface area contributed by atoms with Crippen LogP contribution in [-0.4, -0.2) is 24.5 Å². The largest absolute Gasteiger partial charge is 0.303 e. The molecular weight excluding hydrogens is 206 g/mol. The Morgan fingerprint density at radius 1 is 1.24 bits per heavy atom. The SMILES string of the molecule is CC(C)[C@@H]1CCCN(CCc2ccccc2)C1. The summed E-state index contributed by atoms with van der Waals surface area (Å²) in [5.74, 6) is 1.76. The minimum absolute atomic E-state index is 0.842. The third kappa shape index (κ3) is 3.85. The molecule has 1 saturated heterocycles. The molecule has 0 saturated carbocycles. The van der Waals surface area contributed by atoms with Gasteiger partial charge in [-0.2, -0.15) is 0 Å². The van der Waals surface area contributed by atoms with E-state index in [0.717, 1.165) is 11.8 Å². The lowest BCUT2D eigenvalue weighted by molar-refractivity contribution is 0.147. The number of piperidine rings is 1. The highest BCUT2D eigenvalue weighted by Gasteiger charge is 2.21. The fraction of sp³-hybridized carbons (Fsp3) is 0.625. The van der Waals surface area contributed by atoms with E-state index in [9.17, 15) is 0 Å². The number of likely N-dealkylation sites (tertiary alicyclic amines) is 1. The zero-order valence-corrected chi connectivity index (χ0v) is 11.2. The van der Waals surface area contributed by atoms with E-state index < -0.39 is 0 Å². The third-order valence-corrected chi connectivity index (χ3v) is 4.04. The second-order valence-corrected chi connectivity index (χ2v) is 5.68. The highest BCUT2D eigenvalue weighted by Crippen LogP contribution is 2.23. The van der Waals surface area contributed by atoms with E-state index in [1.807, 2.05) is 0 Å². The lowest BCUT2D eigenvalue weighted by atomic mass is 9.88. The molecule has 94 valence electrons. The molecule has 1 fully saturated rings. The Morgan fingerprint density at radius 2 is 2.00 bits per heavy atom.